The number of amides is 1. The van der Waals surface area contributed by atoms with E-state index in [9.17, 15) is 14.4 Å². The summed E-state index contributed by atoms with van der Waals surface area (Å²) in [6.45, 7) is 3.84. The van der Waals surface area contributed by atoms with Crippen LogP contribution in [0.2, 0.25) is 0 Å². The Morgan fingerprint density at radius 2 is 2.00 bits per heavy atom. The standard InChI is InChI=1S/C11H19NO3/c1-9(6-8-13)11(15)12(3)7-4-5-10(2)14/h8-9H,4-7H2,1-3H3. The molecule has 0 radical (unpaired) electrons. The van der Waals surface area contributed by atoms with Crippen molar-refractivity contribution in [3.8, 4) is 0 Å². The van der Waals surface area contributed by atoms with Crippen molar-refractivity contribution in [2.45, 2.75) is 33.1 Å². The van der Waals surface area contributed by atoms with E-state index in [0.717, 1.165) is 6.29 Å². The maximum atomic E-state index is 11.6. The molecule has 0 aliphatic heterocycles. The van der Waals surface area contributed by atoms with Gasteiger partial charge in [0.25, 0.3) is 0 Å². The Hall–Kier alpha value is -1.19. The van der Waals surface area contributed by atoms with E-state index in [2.05, 4.69) is 0 Å². The van der Waals surface area contributed by atoms with E-state index in [0.29, 0.717) is 19.4 Å². The molecular weight excluding hydrogens is 194 g/mol. The topological polar surface area (TPSA) is 54.5 Å². The zero-order chi connectivity index (χ0) is 11.8. The number of carbonyl (C=O) groups is 3. The Morgan fingerprint density at radius 3 is 2.47 bits per heavy atom. The highest BCUT2D eigenvalue weighted by Gasteiger charge is 2.16. The molecule has 0 rings (SSSR count). The third kappa shape index (κ3) is 5.99. The summed E-state index contributed by atoms with van der Waals surface area (Å²) in [6.07, 6.45) is 2.20. The van der Waals surface area contributed by atoms with Gasteiger partial charge in [-0.2, -0.15) is 0 Å². The molecule has 0 aliphatic carbocycles. The molecular formula is C11H19NO3. The highest BCUT2D eigenvalue weighted by molar-refractivity contribution is 5.80. The third-order valence-corrected chi connectivity index (χ3v) is 2.27. The number of hydrogen-bond acceptors (Lipinski definition) is 3. The summed E-state index contributed by atoms with van der Waals surface area (Å²) in [5, 5.41) is 0. The predicted molar refractivity (Wildman–Crippen MR) is 57.4 cm³/mol. The van der Waals surface area contributed by atoms with Gasteiger partial charge in [0, 0.05) is 32.4 Å². The molecule has 0 spiro atoms. The van der Waals surface area contributed by atoms with Crippen LogP contribution >= 0.6 is 0 Å². The van der Waals surface area contributed by atoms with Crippen molar-refractivity contribution in [3.05, 3.63) is 0 Å². The largest absolute Gasteiger partial charge is 0.346 e. The van der Waals surface area contributed by atoms with Crippen LogP contribution < -0.4 is 0 Å². The zero-order valence-corrected chi connectivity index (χ0v) is 9.66. The first-order chi connectivity index (χ1) is 6.99. The minimum absolute atomic E-state index is 0.0364. The lowest BCUT2D eigenvalue weighted by Crippen LogP contribution is -2.32. The molecule has 0 heterocycles. The molecule has 4 heteroatoms. The first kappa shape index (κ1) is 13.8. The minimum atomic E-state index is -0.259. The van der Waals surface area contributed by atoms with Crippen molar-refractivity contribution in [2.75, 3.05) is 13.6 Å². The minimum Gasteiger partial charge on any atom is -0.346 e. The number of nitrogens with zero attached hydrogens (tertiary/aromatic N) is 1. The number of aldehydes is 1. The molecule has 0 saturated heterocycles. The zero-order valence-electron chi connectivity index (χ0n) is 9.66. The quantitative estimate of drug-likeness (QED) is 0.594. The molecule has 0 aromatic heterocycles. The molecule has 86 valence electrons. The molecule has 0 aromatic rings. The van der Waals surface area contributed by atoms with Crippen LogP contribution in [0.5, 0.6) is 0 Å². The van der Waals surface area contributed by atoms with Crippen molar-refractivity contribution in [1.29, 1.82) is 0 Å². The summed E-state index contributed by atoms with van der Waals surface area (Å²) >= 11 is 0. The normalized spacial score (nSPS) is 11.9. The van der Waals surface area contributed by atoms with Crippen LogP contribution in [0.4, 0.5) is 0 Å². The molecule has 15 heavy (non-hydrogen) atoms. The van der Waals surface area contributed by atoms with Crippen molar-refractivity contribution in [3.63, 3.8) is 0 Å². The second-order valence-corrected chi connectivity index (χ2v) is 3.87. The first-order valence-corrected chi connectivity index (χ1v) is 5.17. The first-order valence-electron chi connectivity index (χ1n) is 5.17. The van der Waals surface area contributed by atoms with Crippen LogP contribution in [0.25, 0.3) is 0 Å². The number of hydrogen-bond donors (Lipinski definition) is 0. The average molecular weight is 213 g/mol. The Bertz CT molecular complexity index is 238. The lowest BCUT2D eigenvalue weighted by atomic mass is 10.1. The summed E-state index contributed by atoms with van der Waals surface area (Å²) in [7, 11) is 1.70. The fourth-order valence-corrected chi connectivity index (χ4v) is 1.30. The van der Waals surface area contributed by atoms with Gasteiger partial charge in [0.1, 0.15) is 12.1 Å². The van der Waals surface area contributed by atoms with E-state index < -0.39 is 0 Å². The van der Waals surface area contributed by atoms with E-state index in [1.165, 1.54) is 6.92 Å². The molecule has 0 aromatic carbocycles. The van der Waals surface area contributed by atoms with Gasteiger partial charge in [-0.3, -0.25) is 4.79 Å². The van der Waals surface area contributed by atoms with Crippen molar-refractivity contribution in [1.82, 2.24) is 4.90 Å². The molecule has 0 N–H and O–H groups in total. The highest BCUT2D eigenvalue weighted by atomic mass is 16.2. The molecule has 4 nitrogen and oxygen atoms in total. The van der Waals surface area contributed by atoms with Gasteiger partial charge in [-0.25, -0.2) is 0 Å². The van der Waals surface area contributed by atoms with Gasteiger partial charge in [0.15, 0.2) is 0 Å². The van der Waals surface area contributed by atoms with Crippen LogP contribution in [-0.2, 0) is 14.4 Å². The summed E-state index contributed by atoms with van der Waals surface area (Å²) in [6, 6.07) is 0. The highest BCUT2D eigenvalue weighted by Crippen LogP contribution is 2.05. The van der Waals surface area contributed by atoms with E-state index in [-0.39, 0.29) is 24.0 Å². The van der Waals surface area contributed by atoms with Crippen LogP contribution in [0.1, 0.15) is 33.1 Å². The van der Waals surface area contributed by atoms with Gasteiger partial charge in [0.2, 0.25) is 5.91 Å². The summed E-state index contributed by atoms with van der Waals surface area (Å²) < 4.78 is 0. The predicted octanol–water partition coefficient (Wildman–Crippen LogP) is 1.04. The number of rotatable bonds is 7. The van der Waals surface area contributed by atoms with Gasteiger partial charge in [-0.05, 0) is 13.3 Å². The fourth-order valence-electron chi connectivity index (χ4n) is 1.30. The van der Waals surface area contributed by atoms with Crippen LogP contribution in [0, 0.1) is 5.92 Å². The summed E-state index contributed by atoms with van der Waals surface area (Å²) in [5.74, 6) is -0.160. The second kappa shape index (κ2) is 7.15. The lowest BCUT2D eigenvalue weighted by molar-refractivity contribution is -0.135. The molecule has 0 fully saturated rings. The number of ketones is 1. The Balaban J connectivity index is 3.87. The Kier molecular flexibility index (Phi) is 6.58. The van der Waals surface area contributed by atoms with E-state index >= 15 is 0 Å². The van der Waals surface area contributed by atoms with E-state index in [1.54, 1.807) is 18.9 Å². The van der Waals surface area contributed by atoms with Gasteiger partial charge in [0.05, 0.1) is 0 Å². The smallest absolute Gasteiger partial charge is 0.225 e. The van der Waals surface area contributed by atoms with Crippen molar-refractivity contribution in [2.24, 2.45) is 5.92 Å². The van der Waals surface area contributed by atoms with Crippen molar-refractivity contribution >= 4 is 18.0 Å². The lowest BCUT2D eigenvalue weighted by Gasteiger charge is -2.19. The Labute approximate surface area is 90.6 Å². The van der Waals surface area contributed by atoms with Crippen LogP contribution in [0.15, 0.2) is 0 Å². The maximum absolute atomic E-state index is 11.6. The molecule has 1 amide bonds. The fraction of sp³-hybridized carbons (Fsp3) is 0.727. The van der Waals surface area contributed by atoms with Gasteiger partial charge >= 0.3 is 0 Å². The van der Waals surface area contributed by atoms with Crippen LogP contribution in [0.3, 0.4) is 0 Å². The number of carbonyl (C=O) groups excluding carboxylic acids is 3. The number of Topliss-reactive ketones (excluding diaryl/α,β-unsaturated/α-hetero) is 1. The van der Waals surface area contributed by atoms with Gasteiger partial charge in [-0.15, -0.1) is 0 Å². The monoisotopic (exact) mass is 213 g/mol. The third-order valence-electron chi connectivity index (χ3n) is 2.27. The van der Waals surface area contributed by atoms with Crippen LogP contribution in [-0.4, -0.2) is 36.5 Å². The molecule has 1 atom stereocenters. The van der Waals surface area contributed by atoms with Crippen molar-refractivity contribution < 1.29 is 14.4 Å². The van der Waals surface area contributed by atoms with Gasteiger partial charge < -0.3 is 14.5 Å². The maximum Gasteiger partial charge on any atom is 0.225 e. The van der Waals surface area contributed by atoms with E-state index in [4.69, 9.17) is 0 Å². The molecule has 1 unspecified atom stereocenters. The summed E-state index contributed by atoms with van der Waals surface area (Å²) in [4.78, 5) is 34.1. The molecule has 0 aliphatic rings. The van der Waals surface area contributed by atoms with E-state index in [1.807, 2.05) is 0 Å². The summed E-state index contributed by atoms with van der Waals surface area (Å²) in [5.41, 5.74) is 0. The average Bonchev–Trinajstić information content (AvgIpc) is 2.16. The SMILES string of the molecule is CC(=O)CCCN(C)C(=O)C(C)CC=O. The second-order valence-electron chi connectivity index (χ2n) is 3.87. The Morgan fingerprint density at radius 1 is 1.40 bits per heavy atom. The van der Waals surface area contributed by atoms with Gasteiger partial charge in [-0.1, -0.05) is 6.92 Å². The molecule has 0 saturated carbocycles. The molecule has 0 bridgehead atoms.